The molecule has 0 aliphatic rings. The molecule has 132 valence electrons. The molecule has 0 atom stereocenters. The standard InChI is InChI=1S/C18H16N4O3S/c1-2-11-5-6-13-12(9-16(23)25-15(13)8-11)10-26-18-21-20-17(22(18)19)14-4-3-7-24-14/h3-9H,2,10,19H2,1H3. The number of hydrogen-bond acceptors (Lipinski definition) is 7. The van der Waals surface area contributed by atoms with Crippen molar-refractivity contribution in [2.24, 2.45) is 0 Å². The highest BCUT2D eigenvalue weighted by Crippen LogP contribution is 2.27. The van der Waals surface area contributed by atoms with E-state index in [1.165, 1.54) is 22.5 Å². The number of aryl methyl sites for hydroxylation is 1. The highest BCUT2D eigenvalue weighted by molar-refractivity contribution is 7.98. The fourth-order valence-corrected chi connectivity index (χ4v) is 3.55. The molecular formula is C18H16N4O3S. The summed E-state index contributed by atoms with van der Waals surface area (Å²) in [6.07, 6.45) is 2.43. The fraction of sp³-hybridized carbons (Fsp3) is 0.167. The summed E-state index contributed by atoms with van der Waals surface area (Å²) in [4.78, 5) is 11.9. The lowest BCUT2D eigenvalue weighted by atomic mass is 10.1. The predicted octanol–water partition coefficient (Wildman–Crippen LogP) is 3.21. The van der Waals surface area contributed by atoms with Crippen LogP contribution in [0.1, 0.15) is 18.1 Å². The monoisotopic (exact) mass is 368 g/mol. The van der Waals surface area contributed by atoms with Gasteiger partial charge in [0.25, 0.3) is 0 Å². The summed E-state index contributed by atoms with van der Waals surface area (Å²) < 4.78 is 12.0. The maximum atomic E-state index is 11.9. The molecule has 0 saturated heterocycles. The first-order chi connectivity index (χ1) is 12.7. The van der Waals surface area contributed by atoms with Crippen LogP contribution in [0.5, 0.6) is 0 Å². The molecular weight excluding hydrogens is 352 g/mol. The van der Waals surface area contributed by atoms with E-state index in [0.29, 0.717) is 28.1 Å². The van der Waals surface area contributed by atoms with Crippen LogP contribution in [-0.4, -0.2) is 14.9 Å². The molecule has 3 aromatic heterocycles. The molecule has 26 heavy (non-hydrogen) atoms. The van der Waals surface area contributed by atoms with Gasteiger partial charge in [0.15, 0.2) is 5.76 Å². The number of nitrogens with two attached hydrogens (primary N) is 1. The Morgan fingerprint density at radius 1 is 1.23 bits per heavy atom. The van der Waals surface area contributed by atoms with Gasteiger partial charge in [-0.2, -0.15) is 0 Å². The van der Waals surface area contributed by atoms with Gasteiger partial charge in [0.2, 0.25) is 11.0 Å². The second-order valence-corrected chi connectivity index (χ2v) is 6.66. The molecule has 0 amide bonds. The Balaban J connectivity index is 1.63. The van der Waals surface area contributed by atoms with Gasteiger partial charge in [-0.15, -0.1) is 10.2 Å². The van der Waals surface area contributed by atoms with Crippen molar-refractivity contribution in [3.05, 3.63) is 64.2 Å². The van der Waals surface area contributed by atoms with Gasteiger partial charge in [-0.05, 0) is 35.7 Å². The van der Waals surface area contributed by atoms with E-state index in [1.54, 1.807) is 18.4 Å². The summed E-state index contributed by atoms with van der Waals surface area (Å²) in [5, 5.41) is 9.61. The smallest absolute Gasteiger partial charge is 0.336 e. The maximum absolute atomic E-state index is 11.9. The minimum absolute atomic E-state index is 0.369. The Bertz CT molecular complexity index is 1120. The molecule has 0 radical (unpaired) electrons. The summed E-state index contributed by atoms with van der Waals surface area (Å²) in [5.41, 5.74) is 2.21. The van der Waals surface area contributed by atoms with Crippen LogP contribution in [0.4, 0.5) is 0 Å². The molecule has 0 aliphatic heterocycles. The largest absolute Gasteiger partial charge is 0.461 e. The van der Waals surface area contributed by atoms with Crippen LogP contribution < -0.4 is 11.5 Å². The topological polar surface area (TPSA) is 100 Å². The molecule has 3 heterocycles. The molecule has 0 spiro atoms. The van der Waals surface area contributed by atoms with E-state index in [2.05, 4.69) is 17.1 Å². The molecule has 0 saturated carbocycles. The molecule has 0 bridgehead atoms. The number of rotatable bonds is 5. The van der Waals surface area contributed by atoms with E-state index in [0.717, 1.165) is 22.9 Å². The lowest BCUT2D eigenvalue weighted by Gasteiger charge is -2.06. The molecule has 2 N–H and O–H groups in total. The summed E-state index contributed by atoms with van der Waals surface area (Å²) in [6.45, 7) is 2.06. The van der Waals surface area contributed by atoms with Crippen molar-refractivity contribution < 1.29 is 8.83 Å². The second kappa shape index (κ2) is 6.72. The van der Waals surface area contributed by atoms with Gasteiger partial charge in [0.05, 0.1) is 6.26 Å². The highest BCUT2D eigenvalue weighted by Gasteiger charge is 2.15. The Labute approximate surface area is 152 Å². The summed E-state index contributed by atoms with van der Waals surface area (Å²) in [6, 6.07) is 11.0. The van der Waals surface area contributed by atoms with Crippen LogP contribution in [0.25, 0.3) is 22.6 Å². The molecule has 1 aromatic carbocycles. The molecule has 0 unspecified atom stereocenters. The van der Waals surface area contributed by atoms with Gasteiger partial charge in [-0.1, -0.05) is 30.8 Å². The highest BCUT2D eigenvalue weighted by atomic mass is 32.2. The van der Waals surface area contributed by atoms with Crippen molar-refractivity contribution in [2.75, 3.05) is 5.84 Å². The Morgan fingerprint density at radius 3 is 2.88 bits per heavy atom. The van der Waals surface area contributed by atoms with Gasteiger partial charge in [-0.3, -0.25) is 0 Å². The molecule has 8 heteroatoms. The van der Waals surface area contributed by atoms with Gasteiger partial charge in [0.1, 0.15) is 5.58 Å². The van der Waals surface area contributed by atoms with Crippen molar-refractivity contribution in [1.82, 2.24) is 14.9 Å². The zero-order chi connectivity index (χ0) is 18.1. The van der Waals surface area contributed by atoms with Crippen LogP contribution in [0.3, 0.4) is 0 Å². The molecule has 0 aliphatic carbocycles. The van der Waals surface area contributed by atoms with E-state index in [1.807, 2.05) is 18.2 Å². The van der Waals surface area contributed by atoms with Crippen molar-refractivity contribution >= 4 is 22.7 Å². The first-order valence-corrected chi connectivity index (χ1v) is 9.07. The lowest BCUT2D eigenvalue weighted by molar-refractivity contribution is 0.559. The number of aromatic nitrogens is 3. The van der Waals surface area contributed by atoms with Crippen LogP contribution in [0, 0.1) is 0 Å². The van der Waals surface area contributed by atoms with E-state index < -0.39 is 0 Å². The second-order valence-electron chi connectivity index (χ2n) is 5.72. The number of hydrogen-bond donors (Lipinski definition) is 1. The number of thioether (sulfide) groups is 1. The Kier molecular flexibility index (Phi) is 4.26. The van der Waals surface area contributed by atoms with Crippen molar-refractivity contribution in [1.29, 1.82) is 0 Å². The minimum atomic E-state index is -0.369. The van der Waals surface area contributed by atoms with E-state index >= 15 is 0 Å². The third kappa shape index (κ3) is 2.99. The Morgan fingerprint density at radius 2 is 2.12 bits per heavy atom. The average molecular weight is 368 g/mol. The molecule has 0 fully saturated rings. The molecule has 4 rings (SSSR count). The molecule has 4 aromatic rings. The average Bonchev–Trinajstić information content (AvgIpc) is 3.28. The van der Waals surface area contributed by atoms with E-state index in [-0.39, 0.29) is 5.63 Å². The van der Waals surface area contributed by atoms with Crippen molar-refractivity contribution in [2.45, 2.75) is 24.3 Å². The Hall–Kier alpha value is -3.00. The first kappa shape index (κ1) is 16.5. The predicted molar refractivity (Wildman–Crippen MR) is 99.3 cm³/mol. The summed E-state index contributed by atoms with van der Waals surface area (Å²) >= 11 is 1.39. The number of nitrogen functional groups attached to an aromatic ring is 1. The number of nitrogens with zero attached hydrogens (tertiary/aromatic N) is 3. The zero-order valence-corrected chi connectivity index (χ0v) is 14.8. The molecule has 7 nitrogen and oxygen atoms in total. The van der Waals surface area contributed by atoms with E-state index in [9.17, 15) is 4.79 Å². The normalized spacial score (nSPS) is 11.3. The summed E-state index contributed by atoms with van der Waals surface area (Å²) in [7, 11) is 0. The van der Waals surface area contributed by atoms with Gasteiger partial charge >= 0.3 is 5.63 Å². The third-order valence-corrected chi connectivity index (χ3v) is 5.06. The third-order valence-electron chi connectivity index (χ3n) is 4.07. The van der Waals surface area contributed by atoms with Crippen LogP contribution in [0.2, 0.25) is 0 Å². The van der Waals surface area contributed by atoms with E-state index in [4.69, 9.17) is 14.7 Å². The van der Waals surface area contributed by atoms with Gasteiger partial charge < -0.3 is 14.7 Å². The number of furan rings is 1. The zero-order valence-electron chi connectivity index (χ0n) is 14.0. The maximum Gasteiger partial charge on any atom is 0.336 e. The van der Waals surface area contributed by atoms with Crippen LogP contribution in [0.15, 0.2) is 61.4 Å². The van der Waals surface area contributed by atoms with Crippen molar-refractivity contribution in [3.8, 4) is 11.6 Å². The van der Waals surface area contributed by atoms with Gasteiger partial charge in [-0.25, -0.2) is 9.47 Å². The number of fused-ring (bicyclic) bond motifs is 1. The minimum Gasteiger partial charge on any atom is -0.461 e. The quantitative estimate of drug-likeness (QED) is 0.328. The SMILES string of the molecule is CCc1ccc2c(CSc3nnc(-c4ccco4)n3N)cc(=O)oc2c1. The first-order valence-electron chi connectivity index (χ1n) is 8.08. The van der Waals surface area contributed by atoms with Crippen LogP contribution in [-0.2, 0) is 12.2 Å². The lowest BCUT2D eigenvalue weighted by Crippen LogP contribution is -2.11. The van der Waals surface area contributed by atoms with Crippen LogP contribution >= 0.6 is 11.8 Å². The summed E-state index contributed by atoms with van der Waals surface area (Å²) in [5.74, 6) is 7.58. The van der Waals surface area contributed by atoms with Crippen molar-refractivity contribution in [3.63, 3.8) is 0 Å². The number of benzene rings is 1. The fourth-order valence-electron chi connectivity index (χ4n) is 2.71. The van der Waals surface area contributed by atoms with Gasteiger partial charge in [0, 0.05) is 17.2 Å².